The average Bonchev–Trinajstić information content (AvgIpc) is 1.69. The predicted octanol–water partition coefficient (Wildman–Crippen LogP) is 2.40. The van der Waals surface area contributed by atoms with E-state index >= 15 is 0 Å². The Morgan fingerprint density at radius 3 is 2.71 bits per heavy atom. The molecule has 0 fully saturated rings. The molecular weight excluding hydrogens is 222 g/mol. The molecule has 0 unspecified atom stereocenters. The van der Waals surface area contributed by atoms with E-state index in [1.807, 2.05) is 0 Å². The van der Waals surface area contributed by atoms with Crippen molar-refractivity contribution in [3.05, 3.63) is 0 Å². The SMILES string of the molecule is ClC#CCCCI. The van der Waals surface area contributed by atoms with Crippen LogP contribution in [0.15, 0.2) is 0 Å². The van der Waals surface area contributed by atoms with Gasteiger partial charge in [0.1, 0.15) is 0 Å². The molecule has 0 N–H and O–H groups in total. The summed E-state index contributed by atoms with van der Waals surface area (Å²) in [5.41, 5.74) is 0. The molecule has 40 valence electrons. The molecule has 2 heteroatoms. The molecule has 0 saturated heterocycles. The Labute approximate surface area is 62.8 Å². The van der Waals surface area contributed by atoms with E-state index in [4.69, 9.17) is 11.6 Å². The number of halogens is 2. The lowest BCUT2D eigenvalue weighted by atomic mass is 10.4. The predicted molar refractivity (Wildman–Crippen MR) is 41.8 cm³/mol. The van der Waals surface area contributed by atoms with Gasteiger partial charge >= 0.3 is 0 Å². The molecule has 0 aromatic carbocycles. The van der Waals surface area contributed by atoms with Crippen molar-refractivity contribution in [2.45, 2.75) is 12.8 Å². The van der Waals surface area contributed by atoms with Crippen LogP contribution in [0.5, 0.6) is 0 Å². The standard InChI is InChI=1S/C5H6ClI/c6-4-2-1-3-5-7/h1,3,5H2. The van der Waals surface area contributed by atoms with Crippen LogP contribution in [0.2, 0.25) is 0 Å². The van der Waals surface area contributed by atoms with Gasteiger partial charge in [0.2, 0.25) is 0 Å². The maximum Gasteiger partial charge on any atom is 0.0109 e. The van der Waals surface area contributed by atoms with Crippen molar-refractivity contribution in [3.63, 3.8) is 0 Å². The van der Waals surface area contributed by atoms with E-state index in [0.717, 1.165) is 12.8 Å². The fraction of sp³-hybridized carbons (Fsp3) is 0.600. The molecule has 0 saturated carbocycles. The van der Waals surface area contributed by atoms with Gasteiger partial charge < -0.3 is 0 Å². The highest BCUT2D eigenvalue weighted by Crippen LogP contribution is 1.91. The van der Waals surface area contributed by atoms with Gasteiger partial charge in [-0.25, -0.2) is 0 Å². The molecule has 0 amide bonds. The second-order valence-corrected chi connectivity index (χ2v) is 2.33. The van der Waals surface area contributed by atoms with Crippen LogP contribution in [0.3, 0.4) is 0 Å². The minimum Gasteiger partial charge on any atom is -0.0863 e. The Morgan fingerprint density at radius 1 is 1.57 bits per heavy atom. The van der Waals surface area contributed by atoms with Crippen molar-refractivity contribution in [2.24, 2.45) is 0 Å². The van der Waals surface area contributed by atoms with Gasteiger partial charge in [0.25, 0.3) is 0 Å². The van der Waals surface area contributed by atoms with Crippen LogP contribution in [0, 0.1) is 11.3 Å². The lowest BCUT2D eigenvalue weighted by Gasteiger charge is -1.78. The largest absolute Gasteiger partial charge is 0.0863 e. The van der Waals surface area contributed by atoms with Crippen molar-refractivity contribution >= 4 is 34.2 Å². The third-order valence-electron chi connectivity index (χ3n) is 0.502. The summed E-state index contributed by atoms with van der Waals surface area (Å²) in [5.74, 6) is 2.76. The van der Waals surface area contributed by atoms with E-state index in [1.54, 1.807) is 0 Å². The van der Waals surface area contributed by atoms with Crippen molar-refractivity contribution in [1.29, 1.82) is 0 Å². The second-order valence-electron chi connectivity index (χ2n) is 1.06. The zero-order chi connectivity index (χ0) is 5.54. The zero-order valence-electron chi connectivity index (χ0n) is 3.88. The van der Waals surface area contributed by atoms with Crippen molar-refractivity contribution in [1.82, 2.24) is 0 Å². The van der Waals surface area contributed by atoms with E-state index in [9.17, 15) is 0 Å². The van der Waals surface area contributed by atoms with E-state index < -0.39 is 0 Å². The monoisotopic (exact) mass is 228 g/mol. The molecule has 0 aliphatic rings. The highest BCUT2D eigenvalue weighted by molar-refractivity contribution is 14.1. The third kappa shape index (κ3) is 6.58. The molecule has 0 bridgehead atoms. The van der Waals surface area contributed by atoms with Crippen LogP contribution in [-0.4, -0.2) is 4.43 Å². The van der Waals surface area contributed by atoms with Gasteiger partial charge in [-0.3, -0.25) is 0 Å². The van der Waals surface area contributed by atoms with Crippen LogP contribution in [0.25, 0.3) is 0 Å². The Hall–Kier alpha value is 0.580. The lowest BCUT2D eigenvalue weighted by molar-refractivity contribution is 1.01. The summed E-state index contributed by atoms with van der Waals surface area (Å²) < 4.78 is 1.17. The van der Waals surface area contributed by atoms with Crippen LogP contribution < -0.4 is 0 Å². The Balaban J connectivity index is 2.78. The number of hydrogen-bond donors (Lipinski definition) is 0. The van der Waals surface area contributed by atoms with E-state index in [2.05, 4.69) is 33.9 Å². The molecule has 0 aliphatic heterocycles. The summed E-state index contributed by atoms with van der Waals surface area (Å²) in [6, 6.07) is 0. The van der Waals surface area contributed by atoms with Crippen LogP contribution in [0.4, 0.5) is 0 Å². The summed E-state index contributed by atoms with van der Waals surface area (Å²) in [4.78, 5) is 0. The first kappa shape index (κ1) is 7.58. The van der Waals surface area contributed by atoms with Gasteiger partial charge in [0.05, 0.1) is 0 Å². The number of rotatable bonds is 2. The van der Waals surface area contributed by atoms with E-state index in [0.29, 0.717) is 0 Å². The minimum absolute atomic E-state index is 0.937. The molecule has 0 heterocycles. The highest BCUT2D eigenvalue weighted by Gasteiger charge is 1.74. The summed E-state index contributed by atoms with van der Waals surface area (Å²) in [7, 11) is 0. The van der Waals surface area contributed by atoms with Crippen LogP contribution >= 0.6 is 34.2 Å². The molecular formula is C5H6ClI. The molecule has 0 rings (SSSR count). The second kappa shape index (κ2) is 6.58. The molecule has 0 aromatic heterocycles. The van der Waals surface area contributed by atoms with Crippen LogP contribution in [-0.2, 0) is 0 Å². The maximum absolute atomic E-state index is 5.07. The Kier molecular flexibility index (Phi) is 7.13. The molecule has 0 aromatic rings. The van der Waals surface area contributed by atoms with Gasteiger partial charge in [-0.05, 0) is 18.0 Å². The summed E-state index contributed by atoms with van der Waals surface area (Å²) in [5, 5.41) is 2.32. The molecule has 0 radical (unpaired) electrons. The summed E-state index contributed by atoms with van der Waals surface area (Å²) in [6.45, 7) is 0. The van der Waals surface area contributed by atoms with Gasteiger partial charge in [0.15, 0.2) is 0 Å². The average molecular weight is 228 g/mol. The maximum atomic E-state index is 5.07. The fourth-order valence-electron chi connectivity index (χ4n) is 0.202. The fourth-order valence-corrected chi connectivity index (χ4v) is 0.678. The molecule has 0 spiro atoms. The molecule has 7 heavy (non-hydrogen) atoms. The van der Waals surface area contributed by atoms with Crippen molar-refractivity contribution in [2.75, 3.05) is 4.43 Å². The summed E-state index contributed by atoms with van der Waals surface area (Å²) in [6.07, 6.45) is 2.09. The first-order valence-corrected chi connectivity index (χ1v) is 3.96. The van der Waals surface area contributed by atoms with E-state index in [-0.39, 0.29) is 0 Å². The lowest BCUT2D eigenvalue weighted by Crippen LogP contribution is -1.68. The number of alkyl halides is 1. The molecule has 0 atom stereocenters. The number of unbranched alkanes of at least 4 members (excludes halogenated alkanes) is 1. The van der Waals surface area contributed by atoms with Crippen molar-refractivity contribution in [3.8, 4) is 11.3 Å². The van der Waals surface area contributed by atoms with Gasteiger partial charge in [0, 0.05) is 16.2 Å². The normalized spacial score (nSPS) is 7.14. The Morgan fingerprint density at radius 2 is 2.29 bits per heavy atom. The summed E-state index contributed by atoms with van der Waals surface area (Å²) >= 11 is 7.39. The topological polar surface area (TPSA) is 0 Å². The van der Waals surface area contributed by atoms with Crippen LogP contribution in [0.1, 0.15) is 12.8 Å². The van der Waals surface area contributed by atoms with Gasteiger partial charge in [-0.15, -0.1) is 0 Å². The smallest absolute Gasteiger partial charge is 0.0109 e. The Bertz CT molecular complexity index is 79.8. The minimum atomic E-state index is 0.937. The van der Waals surface area contributed by atoms with E-state index in [1.165, 1.54) is 4.43 Å². The first-order valence-electron chi connectivity index (χ1n) is 2.06. The third-order valence-corrected chi connectivity index (χ3v) is 1.40. The molecule has 0 nitrogen and oxygen atoms in total. The zero-order valence-corrected chi connectivity index (χ0v) is 6.79. The first-order chi connectivity index (χ1) is 3.41. The highest BCUT2D eigenvalue weighted by atomic mass is 127. The number of hydrogen-bond acceptors (Lipinski definition) is 0. The molecule has 0 aliphatic carbocycles. The van der Waals surface area contributed by atoms with Gasteiger partial charge in [-0.1, -0.05) is 28.5 Å². The quantitative estimate of drug-likeness (QED) is 0.295. The van der Waals surface area contributed by atoms with Crippen molar-refractivity contribution < 1.29 is 0 Å². The van der Waals surface area contributed by atoms with Gasteiger partial charge in [-0.2, -0.15) is 0 Å².